The predicted octanol–water partition coefficient (Wildman–Crippen LogP) is 0.675. The molecule has 3 rings (SSSR count). The number of amides is 1. The van der Waals surface area contributed by atoms with Crippen LogP contribution >= 0.6 is 0 Å². The quantitative estimate of drug-likeness (QED) is 0.548. The van der Waals surface area contributed by atoms with Gasteiger partial charge in [0, 0.05) is 11.5 Å². The van der Waals surface area contributed by atoms with E-state index in [1.807, 2.05) is 0 Å². The first-order chi connectivity index (χ1) is 4.26. The monoisotopic (exact) mass is 125 g/mol. The normalized spacial score (nSPS) is 46.3. The molecule has 50 valence electrons. The van der Waals surface area contributed by atoms with Gasteiger partial charge in [-0.2, -0.15) is 0 Å². The molecule has 2 heterocycles. The van der Waals surface area contributed by atoms with Crippen LogP contribution in [-0.2, 0) is 4.79 Å². The number of hydrogen-bond donors (Lipinski definition) is 1. The van der Waals surface area contributed by atoms with Gasteiger partial charge in [-0.1, -0.05) is 6.92 Å². The van der Waals surface area contributed by atoms with Gasteiger partial charge in [0.25, 0.3) is 0 Å². The molecule has 0 unspecified atom stereocenters. The summed E-state index contributed by atoms with van der Waals surface area (Å²) >= 11 is 0. The highest BCUT2D eigenvalue weighted by Gasteiger charge is 2.54. The van der Waals surface area contributed by atoms with Crippen LogP contribution in [0.4, 0.5) is 0 Å². The summed E-state index contributed by atoms with van der Waals surface area (Å²) in [4.78, 5) is 10.9. The molecule has 0 aromatic rings. The molecule has 2 aliphatic heterocycles. The van der Waals surface area contributed by atoms with E-state index < -0.39 is 0 Å². The Labute approximate surface area is 54.6 Å². The van der Waals surface area contributed by atoms with E-state index >= 15 is 0 Å². The molecule has 0 radical (unpaired) electrons. The van der Waals surface area contributed by atoms with Crippen molar-refractivity contribution >= 4 is 5.91 Å². The molecule has 2 bridgehead atoms. The predicted molar refractivity (Wildman–Crippen MR) is 33.9 cm³/mol. The highest BCUT2D eigenvalue weighted by atomic mass is 16.2. The average molecular weight is 125 g/mol. The standard InChI is InChI=1S/C7H11NO/c1-2-7-3-5(4-7)6(9)8-7/h5H,2-4H2,1H3,(H,8,9). The Hall–Kier alpha value is -0.530. The SMILES string of the molecule is CCC12CC(C1)C(=O)N2. The molecule has 0 atom stereocenters. The largest absolute Gasteiger partial charge is 0.350 e. The second kappa shape index (κ2) is 1.31. The lowest BCUT2D eigenvalue weighted by atomic mass is 9.72. The molecular formula is C7H11NO. The van der Waals surface area contributed by atoms with Crippen molar-refractivity contribution in [3.05, 3.63) is 0 Å². The number of nitrogens with one attached hydrogen (secondary N) is 1. The summed E-state index contributed by atoms with van der Waals surface area (Å²) in [6, 6.07) is 0. The average Bonchev–Trinajstić information content (AvgIpc) is 2.18. The van der Waals surface area contributed by atoms with Crippen LogP contribution in [0.3, 0.4) is 0 Å². The second-order valence-corrected chi connectivity index (χ2v) is 3.23. The van der Waals surface area contributed by atoms with Gasteiger partial charge in [-0.15, -0.1) is 0 Å². The van der Waals surface area contributed by atoms with Crippen molar-refractivity contribution < 1.29 is 4.79 Å². The van der Waals surface area contributed by atoms with E-state index in [0.717, 1.165) is 19.3 Å². The Morgan fingerprint density at radius 3 is 2.67 bits per heavy atom. The van der Waals surface area contributed by atoms with E-state index in [4.69, 9.17) is 0 Å². The van der Waals surface area contributed by atoms with Crippen LogP contribution in [0.25, 0.3) is 0 Å². The summed E-state index contributed by atoms with van der Waals surface area (Å²) < 4.78 is 0. The zero-order valence-corrected chi connectivity index (χ0v) is 5.61. The molecule has 0 aromatic carbocycles. The van der Waals surface area contributed by atoms with Crippen molar-refractivity contribution in [2.75, 3.05) is 0 Å². The van der Waals surface area contributed by atoms with Crippen LogP contribution in [0.5, 0.6) is 0 Å². The molecule has 2 heteroatoms. The summed E-state index contributed by atoms with van der Waals surface area (Å²) in [5.74, 6) is 0.668. The second-order valence-electron chi connectivity index (χ2n) is 3.23. The molecule has 1 amide bonds. The van der Waals surface area contributed by atoms with Crippen molar-refractivity contribution in [2.45, 2.75) is 31.7 Å². The Kier molecular flexibility index (Phi) is 0.765. The number of carbonyl (C=O) groups is 1. The van der Waals surface area contributed by atoms with Gasteiger partial charge in [0.1, 0.15) is 0 Å². The van der Waals surface area contributed by atoms with E-state index in [0.29, 0.717) is 5.92 Å². The lowest BCUT2D eigenvalue weighted by molar-refractivity contribution is -0.121. The minimum atomic E-state index is 0.252. The fourth-order valence-electron chi connectivity index (χ4n) is 1.91. The van der Waals surface area contributed by atoms with E-state index in [2.05, 4.69) is 12.2 Å². The fourth-order valence-corrected chi connectivity index (χ4v) is 1.91. The van der Waals surface area contributed by atoms with Gasteiger partial charge >= 0.3 is 0 Å². The molecule has 0 aromatic heterocycles. The first kappa shape index (κ1) is 5.27. The summed E-state index contributed by atoms with van der Waals surface area (Å²) in [6.45, 7) is 2.14. The summed E-state index contributed by atoms with van der Waals surface area (Å²) in [6.07, 6.45) is 3.31. The van der Waals surface area contributed by atoms with Gasteiger partial charge in [-0.25, -0.2) is 0 Å². The van der Waals surface area contributed by atoms with Crippen LogP contribution in [-0.4, -0.2) is 11.4 Å². The molecule has 2 saturated heterocycles. The van der Waals surface area contributed by atoms with Crippen LogP contribution in [0, 0.1) is 5.92 Å². The van der Waals surface area contributed by atoms with Gasteiger partial charge < -0.3 is 5.32 Å². The zero-order valence-electron chi connectivity index (χ0n) is 5.61. The number of fused-ring (bicyclic) bond motifs is 1. The molecule has 3 aliphatic rings. The van der Waals surface area contributed by atoms with Crippen LogP contribution in [0.15, 0.2) is 0 Å². The van der Waals surface area contributed by atoms with E-state index in [1.54, 1.807) is 0 Å². The van der Waals surface area contributed by atoms with Crippen molar-refractivity contribution in [3.8, 4) is 0 Å². The number of rotatable bonds is 1. The third-order valence-corrected chi connectivity index (χ3v) is 2.71. The summed E-state index contributed by atoms with van der Waals surface area (Å²) in [7, 11) is 0. The minimum Gasteiger partial charge on any atom is -0.350 e. The Morgan fingerprint density at radius 2 is 2.44 bits per heavy atom. The lowest BCUT2D eigenvalue weighted by Crippen LogP contribution is -2.42. The van der Waals surface area contributed by atoms with Gasteiger partial charge in [0.15, 0.2) is 0 Å². The molecule has 9 heavy (non-hydrogen) atoms. The maximum Gasteiger partial charge on any atom is 0.223 e. The third kappa shape index (κ3) is 0.485. The van der Waals surface area contributed by atoms with E-state index in [-0.39, 0.29) is 11.4 Å². The number of hydrogen-bond acceptors (Lipinski definition) is 1. The minimum absolute atomic E-state index is 0.252. The van der Waals surface area contributed by atoms with Crippen molar-refractivity contribution in [1.29, 1.82) is 0 Å². The van der Waals surface area contributed by atoms with Crippen molar-refractivity contribution in [3.63, 3.8) is 0 Å². The van der Waals surface area contributed by atoms with Gasteiger partial charge in [-0.05, 0) is 19.3 Å². The topological polar surface area (TPSA) is 29.1 Å². The van der Waals surface area contributed by atoms with Gasteiger partial charge in [0.2, 0.25) is 5.91 Å². The van der Waals surface area contributed by atoms with Crippen molar-refractivity contribution in [1.82, 2.24) is 5.32 Å². The van der Waals surface area contributed by atoms with Gasteiger partial charge in [0.05, 0.1) is 0 Å². The zero-order chi connectivity index (χ0) is 6.48. The van der Waals surface area contributed by atoms with Crippen LogP contribution in [0.2, 0.25) is 0 Å². The van der Waals surface area contributed by atoms with Crippen LogP contribution < -0.4 is 5.32 Å². The maximum absolute atomic E-state index is 10.9. The Bertz CT molecular complexity index is 158. The van der Waals surface area contributed by atoms with E-state index in [9.17, 15) is 4.79 Å². The Morgan fingerprint density at radius 1 is 1.78 bits per heavy atom. The molecule has 3 fully saturated rings. The van der Waals surface area contributed by atoms with Gasteiger partial charge in [-0.3, -0.25) is 4.79 Å². The molecule has 1 saturated carbocycles. The fraction of sp³-hybridized carbons (Fsp3) is 0.857. The molecule has 1 aliphatic carbocycles. The number of carbonyl (C=O) groups excluding carboxylic acids is 1. The first-order valence-corrected chi connectivity index (χ1v) is 3.58. The third-order valence-electron chi connectivity index (χ3n) is 2.71. The summed E-state index contributed by atoms with van der Waals surface area (Å²) in [5.41, 5.74) is 0.252. The van der Waals surface area contributed by atoms with E-state index in [1.165, 1.54) is 0 Å². The highest BCUT2D eigenvalue weighted by Crippen LogP contribution is 2.46. The lowest BCUT2D eigenvalue weighted by Gasteiger charge is -2.34. The molecular weight excluding hydrogens is 114 g/mol. The summed E-state index contributed by atoms with van der Waals surface area (Å²) in [5, 5.41) is 3.02. The molecule has 1 N–H and O–H groups in total. The molecule has 0 spiro atoms. The Balaban J connectivity index is 2.17. The molecule has 2 nitrogen and oxygen atoms in total. The maximum atomic E-state index is 10.9. The first-order valence-electron chi connectivity index (χ1n) is 3.58. The van der Waals surface area contributed by atoms with Crippen molar-refractivity contribution in [2.24, 2.45) is 5.92 Å². The highest BCUT2D eigenvalue weighted by molar-refractivity contribution is 5.85. The van der Waals surface area contributed by atoms with Crippen LogP contribution in [0.1, 0.15) is 26.2 Å². The smallest absolute Gasteiger partial charge is 0.223 e.